The summed E-state index contributed by atoms with van der Waals surface area (Å²) in [6.45, 7) is 0. The van der Waals surface area contributed by atoms with Crippen molar-refractivity contribution in [1.82, 2.24) is 0 Å². The number of methoxy groups -OCH3 is 1. The molecule has 1 aromatic heterocycles. The van der Waals surface area contributed by atoms with E-state index < -0.39 is 0 Å². The summed E-state index contributed by atoms with van der Waals surface area (Å²) in [6, 6.07) is 19.8. The molecule has 0 saturated carbocycles. The lowest BCUT2D eigenvalue weighted by Crippen LogP contribution is -1.96. The largest absolute Gasteiger partial charge is 0.497 e. The van der Waals surface area contributed by atoms with Crippen molar-refractivity contribution < 1.29 is 13.9 Å². The Morgan fingerprint density at radius 1 is 1.04 bits per heavy atom. The van der Waals surface area contributed by atoms with E-state index in [1.807, 2.05) is 48.5 Å². The molecule has 3 nitrogen and oxygen atoms in total. The van der Waals surface area contributed by atoms with E-state index in [9.17, 15) is 4.79 Å². The van der Waals surface area contributed by atoms with Crippen molar-refractivity contribution in [2.24, 2.45) is 0 Å². The van der Waals surface area contributed by atoms with E-state index in [1.165, 1.54) is 0 Å². The number of furan rings is 1. The zero-order valence-electron chi connectivity index (χ0n) is 12.8. The van der Waals surface area contributed by atoms with Gasteiger partial charge in [0.2, 0.25) is 0 Å². The van der Waals surface area contributed by atoms with Gasteiger partial charge in [0.05, 0.1) is 7.11 Å². The Bertz CT molecular complexity index is 844. The van der Waals surface area contributed by atoms with Gasteiger partial charge >= 0.3 is 0 Å². The average Bonchev–Trinajstić information content (AvgIpc) is 3.17. The molecule has 3 heteroatoms. The standard InChI is InChI=1S/C20H16O3/c1-22-15-9-7-14(8-10-15)19-12-17-16(11-18(21)20(17)23-19)13-5-3-2-4-6-13/h2-10,12,16H,11H2,1H3. The Labute approximate surface area is 134 Å². The van der Waals surface area contributed by atoms with Gasteiger partial charge in [-0.05, 0) is 35.9 Å². The second-order valence-electron chi connectivity index (χ2n) is 5.71. The van der Waals surface area contributed by atoms with Gasteiger partial charge in [0.1, 0.15) is 11.5 Å². The number of benzene rings is 2. The first-order valence-corrected chi connectivity index (χ1v) is 7.62. The van der Waals surface area contributed by atoms with E-state index in [2.05, 4.69) is 12.1 Å². The molecule has 0 saturated heterocycles. The second kappa shape index (κ2) is 5.43. The highest BCUT2D eigenvalue weighted by molar-refractivity contribution is 6.00. The number of carbonyl (C=O) groups excluding carboxylic acids is 1. The first-order valence-electron chi connectivity index (χ1n) is 7.62. The molecule has 2 aromatic carbocycles. The number of ether oxygens (including phenoxy) is 1. The Morgan fingerprint density at radius 3 is 2.48 bits per heavy atom. The van der Waals surface area contributed by atoms with Crippen molar-refractivity contribution in [3.63, 3.8) is 0 Å². The average molecular weight is 304 g/mol. The van der Waals surface area contributed by atoms with Gasteiger partial charge in [-0.15, -0.1) is 0 Å². The highest BCUT2D eigenvalue weighted by Gasteiger charge is 2.34. The van der Waals surface area contributed by atoms with Crippen molar-refractivity contribution >= 4 is 5.78 Å². The summed E-state index contributed by atoms with van der Waals surface area (Å²) in [7, 11) is 1.64. The topological polar surface area (TPSA) is 39.4 Å². The van der Waals surface area contributed by atoms with E-state index in [1.54, 1.807) is 7.11 Å². The number of rotatable bonds is 3. The smallest absolute Gasteiger partial charge is 0.199 e. The maximum Gasteiger partial charge on any atom is 0.199 e. The number of hydrogen-bond acceptors (Lipinski definition) is 3. The van der Waals surface area contributed by atoms with Gasteiger partial charge in [0, 0.05) is 23.5 Å². The Hall–Kier alpha value is -2.81. The molecule has 1 aliphatic rings. The molecule has 0 N–H and O–H groups in total. The van der Waals surface area contributed by atoms with Crippen molar-refractivity contribution in [1.29, 1.82) is 0 Å². The molecular weight excluding hydrogens is 288 g/mol. The van der Waals surface area contributed by atoms with Gasteiger partial charge in [0.15, 0.2) is 11.5 Å². The lowest BCUT2D eigenvalue weighted by Gasteiger charge is -2.08. The van der Waals surface area contributed by atoms with E-state index in [0.29, 0.717) is 12.2 Å². The van der Waals surface area contributed by atoms with Crippen LogP contribution >= 0.6 is 0 Å². The van der Waals surface area contributed by atoms with E-state index >= 15 is 0 Å². The zero-order chi connectivity index (χ0) is 15.8. The summed E-state index contributed by atoms with van der Waals surface area (Å²) >= 11 is 0. The molecule has 1 unspecified atom stereocenters. The van der Waals surface area contributed by atoms with Crippen LogP contribution in [0.4, 0.5) is 0 Å². The Balaban J connectivity index is 1.74. The number of carbonyl (C=O) groups is 1. The maximum atomic E-state index is 12.3. The molecule has 23 heavy (non-hydrogen) atoms. The minimum Gasteiger partial charge on any atom is -0.497 e. The number of fused-ring (bicyclic) bond motifs is 1. The highest BCUT2D eigenvalue weighted by atomic mass is 16.5. The van der Waals surface area contributed by atoms with Gasteiger partial charge in [-0.25, -0.2) is 0 Å². The van der Waals surface area contributed by atoms with Crippen LogP contribution in [0.3, 0.4) is 0 Å². The third-order valence-corrected chi connectivity index (χ3v) is 4.36. The highest BCUT2D eigenvalue weighted by Crippen LogP contribution is 2.42. The van der Waals surface area contributed by atoms with Gasteiger partial charge in [0.25, 0.3) is 0 Å². The molecule has 0 fully saturated rings. The summed E-state index contributed by atoms with van der Waals surface area (Å²) in [4.78, 5) is 12.3. The molecule has 0 bridgehead atoms. The maximum absolute atomic E-state index is 12.3. The molecule has 0 spiro atoms. The van der Waals surface area contributed by atoms with Crippen molar-refractivity contribution in [3.8, 4) is 17.1 Å². The van der Waals surface area contributed by atoms with E-state index in [-0.39, 0.29) is 11.7 Å². The number of Topliss-reactive ketones (excluding diaryl/α,β-unsaturated/α-hetero) is 1. The molecule has 0 radical (unpaired) electrons. The van der Waals surface area contributed by atoms with Crippen LogP contribution in [0.25, 0.3) is 11.3 Å². The fraction of sp³-hybridized carbons (Fsp3) is 0.150. The third-order valence-electron chi connectivity index (χ3n) is 4.36. The summed E-state index contributed by atoms with van der Waals surface area (Å²) < 4.78 is 11.0. The van der Waals surface area contributed by atoms with Crippen LogP contribution in [0.5, 0.6) is 5.75 Å². The van der Waals surface area contributed by atoms with Crippen LogP contribution in [-0.2, 0) is 0 Å². The normalized spacial score (nSPS) is 16.4. The second-order valence-corrected chi connectivity index (χ2v) is 5.71. The first kappa shape index (κ1) is 13.8. The predicted molar refractivity (Wildman–Crippen MR) is 87.9 cm³/mol. The molecule has 0 aliphatic heterocycles. The molecule has 1 aliphatic carbocycles. The van der Waals surface area contributed by atoms with E-state index in [0.717, 1.165) is 28.2 Å². The molecule has 114 valence electrons. The predicted octanol–water partition coefficient (Wildman–Crippen LogP) is 4.67. The summed E-state index contributed by atoms with van der Waals surface area (Å²) in [5.41, 5.74) is 3.09. The molecule has 4 rings (SSSR count). The lowest BCUT2D eigenvalue weighted by molar-refractivity contribution is 0.0967. The Morgan fingerprint density at radius 2 is 1.78 bits per heavy atom. The fourth-order valence-corrected chi connectivity index (χ4v) is 3.15. The van der Waals surface area contributed by atoms with Crippen LogP contribution < -0.4 is 4.74 Å². The van der Waals surface area contributed by atoms with Crippen LogP contribution in [-0.4, -0.2) is 12.9 Å². The molecule has 3 aromatic rings. The molecule has 1 atom stereocenters. The van der Waals surface area contributed by atoms with E-state index in [4.69, 9.17) is 9.15 Å². The van der Waals surface area contributed by atoms with Crippen LogP contribution in [0.1, 0.15) is 34.0 Å². The van der Waals surface area contributed by atoms with Crippen LogP contribution in [0.15, 0.2) is 65.1 Å². The van der Waals surface area contributed by atoms with Gasteiger partial charge in [-0.3, -0.25) is 4.79 Å². The summed E-state index contributed by atoms with van der Waals surface area (Å²) in [6.07, 6.45) is 0.487. The minimum absolute atomic E-state index is 0.0774. The van der Waals surface area contributed by atoms with Gasteiger partial charge < -0.3 is 9.15 Å². The molecular formula is C20H16O3. The zero-order valence-corrected chi connectivity index (χ0v) is 12.8. The monoisotopic (exact) mass is 304 g/mol. The summed E-state index contributed by atoms with van der Waals surface area (Å²) in [5, 5.41) is 0. The number of hydrogen-bond donors (Lipinski definition) is 0. The quantitative estimate of drug-likeness (QED) is 0.705. The van der Waals surface area contributed by atoms with Crippen molar-refractivity contribution in [2.75, 3.05) is 7.11 Å². The van der Waals surface area contributed by atoms with Crippen molar-refractivity contribution in [3.05, 3.63) is 77.6 Å². The van der Waals surface area contributed by atoms with Gasteiger partial charge in [-0.1, -0.05) is 30.3 Å². The molecule has 1 heterocycles. The molecule has 0 amide bonds. The number of ketones is 1. The Kier molecular flexibility index (Phi) is 3.27. The summed E-state index contributed by atoms with van der Waals surface area (Å²) in [5.74, 6) is 2.20. The van der Waals surface area contributed by atoms with Gasteiger partial charge in [-0.2, -0.15) is 0 Å². The fourth-order valence-electron chi connectivity index (χ4n) is 3.15. The SMILES string of the molecule is COc1ccc(-c2cc3c(o2)C(=O)CC3c2ccccc2)cc1. The first-order chi connectivity index (χ1) is 11.3. The van der Waals surface area contributed by atoms with Crippen LogP contribution in [0, 0.1) is 0 Å². The lowest BCUT2D eigenvalue weighted by atomic mass is 9.94. The third kappa shape index (κ3) is 2.34. The minimum atomic E-state index is 0.0774. The van der Waals surface area contributed by atoms with Crippen molar-refractivity contribution in [2.45, 2.75) is 12.3 Å². The van der Waals surface area contributed by atoms with Crippen LogP contribution in [0.2, 0.25) is 0 Å².